The minimum Gasteiger partial charge on any atom is -0.325 e. The van der Waals surface area contributed by atoms with Gasteiger partial charge in [-0.1, -0.05) is 60.7 Å². The average Bonchev–Trinajstić information content (AvgIpc) is 2.75. The second-order valence-corrected chi connectivity index (χ2v) is 7.14. The molecule has 142 valence electrons. The highest BCUT2D eigenvalue weighted by atomic mass is 32.2. The number of nitrogens with one attached hydrogen (secondary N) is 2. The largest absolute Gasteiger partial charge is 0.325 e. The highest BCUT2D eigenvalue weighted by molar-refractivity contribution is 8.00. The minimum atomic E-state index is -0.635. The Balaban J connectivity index is 1.66. The van der Waals surface area contributed by atoms with Crippen molar-refractivity contribution < 1.29 is 14.8 Å². The molecule has 0 aromatic heterocycles. The van der Waals surface area contributed by atoms with Crippen LogP contribution in [0.15, 0.2) is 89.8 Å². The number of benzene rings is 3. The molecule has 2 amide bonds. The maximum Gasteiger partial charge on any atom is 0.255 e. The van der Waals surface area contributed by atoms with E-state index >= 15 is 0 Å². The Morgan fingerprint density at radius 3 is 2.00 bits per heavy atom. The molecule has 0 bridgehead atoms. The highest BCUT2D eigenvalue weighted by Crippen LogP contribution is 2.26. The fourth-order valence-electron chi connectivity index (χ4n) is 2.83. The lowest BCUT2D eigenvalue weighted by molar-refractivity contribution is -0.129. The molecule has 0 aliphatic carbocycles. The van der Waals surface area contributed by atoms with Crippen LogP contribution < -0.4 is 10.8 Å². The Labute approximate surface area is 167 Å². The first-order chi connectivity index (χ1) is 13.7. The predicted molar refractivity (Wildman–Crippen MR) is 110 cm³/mol. The van der Waals surface area contributed by atoms with Gasteiger partial charge in [-0.3, -0.25) is 14.8 Å². The highest BCUT2D eigenvalue weighted by Gasteiger charge is 2.22. The van der Waals surface area contributed by atoms with Gasteiger partial charge in [-0.05, 0) is 35.4 Å². The summed E-state index contributed by atoms with van der Waals surface area (Å²) in [4.78, 5) is 25.3. The molecule has 0 saturated carbocycles. The maximum atomic E-state index is 12.2. The molecular weight excluding hydrogens is 372 g/mol. The van der Waals surface area contributed by atoms with E-state index in [1.807, 2.05) is 60.7 Å². The van der Waals surface area contributed by atoms with E-state index in [9.17, 15) is 9.59 Å². The Kier molecular flexibility index (Phi) is 6.84. The van der Waals surface area contributed by atoms with Crippen molar-refractivity contribution in [1.29, 1.82) is 0 Å². The topological polar surface area (TPSA) is 78.4 Å². The van der Waals surface area contributed by atoms with Gasteiger partial charge in [-0.2, -0.15) is 0 Å². The number of anilines is 1. The van der Waals surface area contributed by atoms with Crippen LogP contribution in [0.2, 0.25) is 0 Å². The Bertz CT molecular complexity index is 916. The third kappa shape index (κ3) is 5.22. The van der Waals surface area contributed by atoms with Crippen molar-refractivity contribution in [3.8, 4) is 0 Å². The first-order valence-electron chi connectivity index (χ1n) is 8.74. The number of hydrogen-bond donors (Lipinski definition) is 3. The van der Waals surface area contributed by atoms with Crippen molar-refractivity contribution in [3.05, 3.63) is 96.1 Å². The van der Waals surface area contributed by atoms with Gasteiger partial charge in [-0.15, -0.1) is 11.8 Å². The summed E-state index contributed by atoms with van der Waals surface area (Å²) < 4.78 is 0. The van der Waals surface area contributed by atoms with Gasteiger partial charge in [0.25, 0.3) is 5.91 Å². The SMILES string of the molecule is O=C(CSc1ccccc1)Nc1ccc(C(C(=O)NO)c2ccccc2)cc1. The zero-order chi connectivity index (χ0) is 19.8. The lowest BCUT2D eigenvalue weighted by Gasteiger charge is -2.16. The fraction of sp³-hybridized carbons (Fsp3) is 0.0909. The number of rotatable bonds is 7. The predicted octanol–water partition coefficient (Wildman–Crippen LogP) is 4.05. The summed E-state index contributed by atoms with van der Waals surface area (Å²) in [7, 11) is 0. The van der Waals surface area contributed by atoms with Crippen molar-refractivity contribution in [1.82, 2.24) is 5.48 Å². The van der Waals surface area contributed by atoms with Gasteiger partial charge in [0.2, 0.25) is 5.91 Å². The van der Waals surface area contributed by atoms with E-state index in [0.717, 1.165) is 16.0 Å². The van der Waals surface area contributed by atoms with Crippen LogP contribution in [0.4, 0.5) is 5.69 Å². The normalized spacial score (nSPS) is 11.5. The minimum absolute atomic E-state index is 0.102. The summed E-state index contributed by atoms with van der Waals surface area (Å²) >= 11 is 1.47. The van der Waals surface area contributed by atoms with Crippen LogP contribution in [0.25, 0.3) is 0 Å². The monoisotopic (exact) mass is 392 g/mol. The lowest BCUT2D eigenvalue weighted by Crippen LogP contribution is -2.27. The van der Waals surface area contributed by atoms with Crippen LogP contribution >= 0.6 is 11.8 Å². The standard InChI is InChI=1S/C22H20N2O3S/c25-20(15-28-19-9-5-2-6-10-19)23-18-13-11-17(12-14-18)21(22(26)24-27)16-7-3-1-4-8-16/h1-14,21,27H,15H2,(H,23,25)(H,24,26). The Morgan fingerprint density at radius 1 is 0.821 bits per heavy atom. The van der Waals surface area contributed by atoms with Crippen LogP contribution in [0.3, 0.4) is 0 Å². The molecule has 0 spiro atoms. The molecule has 3 aromatic rings. The zero-order valence-corrected chi connectivity index (χ0v) is 15.9. The average molecular weight is 392 g/mol. The quantitative estimate of drug-likeness (QED) is 0.322. The van der Waals surface area contributed by atoms with E-state index in [0.29, 0.717) is 11.4 Å². The first kappa shape index (κ1) is 19.7. The van der Waals surface area contributed by atoms with Crippen LogP contribution in [0, 0.1) is 0 Å². The first-order valence-corrected chi connectivity index (χ1v) is 9.72. The van der Waals surface area contributed by atoms with Crippen molar-refractivity contribution in [2.24, 2.45) is 0 Å². The molecule has 0 aliphatic heterocycles. The van der Waals surface area contributed by atoms with E-state index in [4.69, 9.17) is 5.21 Å². The second-order valence-electron chi connectivity index (χ2n) is 6.09. The summed E-state index contributed by atoms with van der Waals surface area (Å²) in [5.41, 5.74) is 3.87. The molecule has 3 aromatic carbocycles. The molecule has 5 nitrogen and oxygen atoms in total. The number of thioether (sulfide) groups is 1. The van der Waals surface area contributed by atoms with E-state index < -0.39 is 11.8 Å². The van der Waals surface area contributed by atoms with Gasteiger partial charge in [0.15, 0.2) is 0 Å². The summed E-state index contributed by atoms with van der Waals surface area (Å²) in [6, 6.07) is 26.0. The maximum absolute atomic E-state index is 12.2. The van der Waals surface area contributed by atoms with Crippen molar-refractivity contribution >= 4 is 29.3 Å². The van der Waals surface area contributed by atoms with Crippen molar-refractivity contribution in [3.63, 3.8) is 0 Å². The molecule has 0 saturated heterocycles. The van der Waals surface area contributed by atoms with Crippen LogP contribution in [0.1, 0.15) is 17.0 Å². The van der Waals surface area contributed by atoms with Gasteiger partial charge in [0, 0.05) is 10.6 Å². The van der Waals surface area contributed by atoms with Gasteiger partial charge in [0.1, 0.15) is 0 Å². The molecule has 6 heteroatoms. The van der Waals surface area contributed by atoms with Crippen LogP contribution in [-0.4, -0.2) is 22.8 Å². The molecule has 28 heavy (non-hydrogen) atoms. The molecule has 0 aliphatic rings. The Morgan fingerprint density at radius 2 is 1.39 bits per heavy atom. The van der Waals surface area contributed by atoms with Gasteiger partial charge < -0.3 is 5.32 Å². The molecule has 0 radical (unpaired) electrons. The summed E-state index contributed by atoms with van der Waals surface area (Å²) in [6.07, 6.45) is 0. The van der Waals surface area contributed by atoms with Gasteiger partial charge in [0.05, 0.1) is 11.7 Å². The van der Waals surface area contributed by atoms with E-state index in [-0.39, 0.29) is 5.91 Å². The number of hydrogen-bond acceptors (Lipinski definition) is 4. The molecule has 3 N–H and O–H groups in total. The van der Waals surface area contributed by atoms with E-state index in [2.05, 4.69) is 5.32 Å². The molecule has 0 fully saturated rings. The molecule has 1 atom stereocenters. The number of amides is 2. The van der Waals surface area contributed by atoms with Crippen LogP contribution in [-0.2, 0) is 9.59 Å². The second kappa shape index (κ2) is 9.73. The number of carbonyl (C=O) groups excluding carboxylic acids is 2. The molecule has 0 heterocycles. The van der Waals surface area contributed by atoms with Crippen molar-refractivity contribution in [2.45, 2.75) is 10.8 Å². The summed E-state index contributed by atoms with van der Waals surface area (Å²) in [6.45, 7) is 0. The summed E-state index contributed by atoms with van der Waals surface area (Å²) in [5.74, 6) is -0.938. The van der Waals surface area contributed by atoms with Crippen LogP contribution in [0.5, 0.6) is 0 Å². The third-order valence-electron chi connectivity index (χ3n) is 4.15. The van der Waals surface area contributed by atoms with Gasteiger partial charge in [-0.25, -0.2) is 5.48 Å². The Hall–Kier alpha value is -3.09. The van der Waals surface area contributed by atoms with E-state index in [1.54, 1.807) is 29.7 Å². The summed E-state index contributed by atoms with van der Waals surface area (Å²) in [5, 5.41) is 11.9. The fourth-order valence-corrected chi connectivity index (χ4v) is 3.55. The zero-order valence-electron chi connectivity index (χ0n) is 15.0. The lowest BCUT2D eigenvalue weighted by atomic mass is 9.90. The van der Waals surface area contributed by atoms with Crippen molar-refractivity contribution in [2.75, 3.05) is 11.1 Å². The van der Waals surface area contributed by atoms with Gasteiger partial charge >= 0.3 is 0 Å². The molecule has 1 unspecified atom stereocenters. The number of hydroxylamine groups is 1. The third-order valence-corrected chi connectivity index (χ3v) is 5.16. The van der Waals surface area contributed by atoms with E-state index in [1.165, 1.54) is 11.8 Å². The molecule has 3 rings (SSSR count). The smallest absolute Gasteiger partial charge is 0.255 e. The molecular formula is C22H20N2O3S. The number of carbonyl (C=O) groups is 2.